The maximum Gasteiger partial charge on any atom is 0.148 e. The van der Waals surface area contributed by atoms with E-state index >= 15 is 0 Å². The normalized spacial score (nSPS) is 11.5. The van der Waals surface area contributed by atoms with Gasteiger partial charge >= 0.3 is 0 Å². The molecule has 5 aromatic rings. The summed E-state index contributed by atoms with van der Waals surface area (Å²) in [6, 6.07) is 15.8. The lowest BCUT2D eigenvalue weighted by Gasteiger charge is -2.06. The summed E-state index contributed by atoms with van der Waals surface area (Å²) in [4.78, 5) is 0. The van der Waals surface area contributed by atoms with Crippen molar-refractivity contribution in [2.75, 3.05) is 14.2 Å². The quantitative estimate of drug-likeness (QED) is 0.317. The number of fused-ring (bicyclic) bond motifs is 4. The van der Waals surface area contributed by atoms with Crippen LogP contribution in [0.15, 0.2) is 57.4 Å². The minimum absolute atomic E-state index is 0.784. The van der Waals surface area contributed by atoms with Crippen molar-refractivity contribution >= 4 is 63.8 Å². The third-order valence-corrected chi connectivity index (χ3v) is 6.38. The number of methoxy groups -OCH3 is 2. The molecule has 5 rings (SSSR count). The number of rotatable bonds is 2. The third kappa shape index (κ3) is 2.50. The monoisotopic (exact) mass is 382 g/mol. The molecule has 26 heavy (non-hydrogen) atoms. The highest BCUT2D eigenvalue weighted by atomic mass is 32.1. The van der Waals surface area contributed by atoms with E-state index in [9.17, 15) is 0 Å². The summed E-state index contributed by atoms with van der Waals surface area (Å²) in [7, 11) is 3.31. The van der Waals surface area contributed by atoms with Crippen molar-refractivity contribution in [3.63, 3.8) is 0 Å². The third-order valence-electron chi connectivity index (χ3n) is 4.19. The minimum Gasteiger partial charge on any atom is -0.497 e. The smallest absolute Gasteiger partial charge is 0.148 e. The number of hydrogen-bond acceptors (Lipinski definition) is 6. The van der Waals surface area contributed by atoms with Gasteiger partial charge < -0.3 is 18.3 Å². The molecule has 4 nitrogen and oxygen atoms in total. The van der Waals surface area contributed by atoms with Gasteiger partial charge in [0.15, 0.2) is 0 Å². The predicted molar refractivity (Wildman–Crippen MR) is 107 cm³/mol. The molecule has 0 aliphatic carbocycles. The Morgan fingerprint density at radius 2 is 1.00 bits per heavy atom. The molecule has 0 saturated heterocycles. The minimum atomic E-state index is 0.784. The molecule has 0 amide bonds. The Morgan fingerprint density at radius 1 is 0.577 bits per heavy atom. The molecule has 3 aromatic carbocycles. The van der Waals surface area contributed by atoms with Gasteiger partial charge in [-0.15, -0.1) is 22.7 Å². The Balaban J connectivity index is 1.80. The van der Waals surface area contributed by atoms with Gasteiger partial charge in [-0.05, 0) is 24.3 Å². The Hall–Kier alpha value is -2.70. The fraction of sp³-hybridized carbons (Fsp3) is 0.100. The summed E-state index contributed by atoms with van der Waals surface area (Å²) in [6.45, 7) is 0. The summed E-state index contributed by atoms with van der Waals surface area (Å²) >= 11 is 3.34. The largest absolute Gasteiger partial charge is 0.497 e. The lowest BCUT2D eigenvalue weighted by molar-refractivity contribution is 0.414. The molecule has 6 heteroatoms. The molecule has 130 valence electrons. The van der Waals surface area contributed by atoms with Gasteiger partial charge in [0.05, 0.1) is 33.0 Å². The Kier molecular flexibility index (Phi) is 3.55. The highest BCUT2D eigenvalue weighted by molar-refractivity contribution is 7.25. The van der Waals surface area contributed by atoms with Gasteiger partial charge in [0, 0.05) is 24.3 Å². The second-order valence-electron chi connectivity index (χ2n) is 5.78. The van der Waals surface area contributed by atoms with Crippen LogP contribution >= 0.6 is 22.7 Å². The second kappa shape index (κ2) is 5.93. The fourth-order valence-corrected chi connectivity index (χ4v) is 4.76. The number of ether oxygens (including phenoxy) is 2. The van der Waals surface area contributed by atoms with Crippen molar-refractivity contribution in [2.24, 2.45) is 0 Å². The highest BCUT2D eigenvalue weighted by Gasteiger charge is 2.09. The van der Waals surface area contributed by atoms with Crippen LogP contribution in [0.1, 0.15) is 0 Å². The van der Waals surface area contributed by atoms with Gasteiger partial charge in [0.25, 0.3) is 0 Å². The molecule has 0 unspecified atom stereocenters. The molecular weight excluding hydrogens is 368 g/mol. The molecule has 2 aromatic heterocycles. The Bertz CT molecular complexity index is 1210. The van der Waals surface area contributed by atoms with Crippen molar-refractivity contribution in [2.45, 2.75) is 0 Å². The first-order chi connectivity index (χ1) is 12.7. The van der Waals surface area contributed by atoms with Gasteiger partial charge in [-0.2, -0.15) is 0 Å². The zero-order valence-corrected chi connectivity index (χ0v) is 15.7. The topological polar surface area (TPSA) is 44.7 Å². The van der Waals surface area contributed by atoms with Crippen LogP contribution < -0.4 is 9.47 Å². The van der Waals surface area contributed by atoms with E-state index in [1.807, 2.05) is 48.5 Å². The maximum absolute atomic E-state index is 6.12. The molecule has 0 radical (unpaired) electrons. The number of hydrogen-bond donors (Lipinski definition) is 0. The van der Waals surface area contributed by atoms with Crippen molar-refractivity contribution in [3.8, 4) is 11.5 Å². The first-order valence-corrected chi connectivity index (χ1v) is 9.62. The lowest BCUT2D eigenvalue weighted by Crippen LogP contribution is -1.83. The molecule has 0 bridgehead atoms. The van der Waals surface area contributed by atoms with Crippen LogP contribution in [0.5, 0.6) is 11.5 Å². The van der Waals surface area contributed by atoms with Gasteiger partial charge in [-0.1, -0.05) is 0 Å². The van der Waals surface area contributed by atoms with Gasteiger partial charge in [0.2, 0.25) is 0 Å². The highest BCUT2D eigenvalue weighted by Crippen LogP contribution is 2.37. The zero-order chi connectivity index (χ0) is 17.7. The standard InChI is InChI=1S/C20H14O4S2/c1-21-11-3-5-17-13(7-11)23-15-9-20-16(10-19(15)25-17)24-14-8-12(22-2)4-6-18(14)26-20/h3-10H,1-2H3. The van der Waals surface area contributed by atoms with Gasteiger partial charge in [-0.3, -0.25) is 0 Å². The van der Waals surface area contributed by atoms with Crippen LogP contribution in [0.4, 0.5) is 0 Å². The first-order valence-electron chi connectivity index (χ1n) is 7.99. The van der Waals surface area contributed by atoms with E-state index in [2.05, 4.69) is 0 Å². The van der Waals surface area contributed by atoms with E-state index in [-0.39, 0.29) is 0 Å². The summed E-state index contributed by atoms with van der Waals surface area (Å²) < 4.78 is 27.0. The van der Waals surface area contributed by atoms with Crippen LogP contribution in [0.3, 0.4) is 0 Å². The summed E-state index contributed by atoms with van der Waals surface area (Å²) in [5, 5.41) is 0. The van der Waals surface area contributed by atoms with Crippen LogP contribution in [0.2, 0.25) is 0 Å². The summed E-state index contributed by atoms with van der Waals surface area (Å²) in [6.07, 6.45) is 0. The molecular formula is C20H14O4S2. The van der Waals surface area contributed by atoms with Crippen molar-refractivity contribution < 1.29 is 18.3 Å². The molecule has 0 atom stereocenters. The molecule has 0 aliphatic heterocycles. The van der Waals surface area contributed by atoms with Crippen LogP contribution in [-0.4, -0.2) is 14.2 Å². The molecule has 0 fully saturated rings. The molecule has 0 spiro atoms. The van der Waals surface area contributed by atoms with Crippen molar-refractivity contribution in [3.05, 3.63) is 48.5 Å². The fourth-order valence-electron chi connectivity index (χ4n) is 2.87. The SMILES string of the molecule is COc1ccc2sc3cc4oc5cc(OC)ccc5sc4cc3oc2c1. The molecule has 0 saturated carbocycles. The van der Waals surface area contributed by atoms with Gasteiger partial charge in [0.1, 0.15) is 33.8 Å². The van der Waals surface area contributed by atoms with E-state index in [4.69, 9.17) is 18.3 Å². The van der Waals surface area contributed by atoms with E-state index in [1.54, 1.807) is 36.9 Å². The van der Waals surface area contributed by atoms with E-state index in [1.165, 1.54) is 0 Å². The lowest BCUT2D eigenvalue weighted by atomic mass is 10.3. The molecule has 2 heterocycles. The number of benzene rings is 3. The predicted octanol–water partition coefficient (Wildman–Crippen LogP) is 6.75. The zero-order valence-electron chi connectivity index (χ0n) is 14.1. The average molecular weight is 382 g/mol. The van der Waals surface area contributed by atoms with Gasteiger partial charge in [-0.25, -0.2) is 0 Å². The van der Waals surface area contributed by atoms with Crippen molar-refractivity contribution in [1.29, 1.82) is 0 Å². The maximum atomic E-state index is 6.12. The first kappa shape index (κ1) is 15.5. The average Bonchev–Trinajstić information content (AvgIpc) is 2.68. The van der Waals surface area contributed by atoms with Crippen LogP contribution in [-0.2, 0) is 0 Å². The molecule has 0 aliphatic rings. The van der Waals surface area contributed by atoms with E-state index in [0.717, 1.165) is 52.6 Å². The molecule has 0 N–H and O–H groups in total. The van der Waals surface area contributed by atoms with E-state index in [0.29, 0.717) is 0 Å². The van der Waals surface area contributed by atoms with Crippen LogP contribution in [0.25, 0.3) is 41.1 Å². The van der Waals surface area contributed by atoms with E-state index < -0.39 is 0 Å². The summed E-state index contributed by atoms with van der Waals surface area (Å²) in [5.41, 5.74) is 3.30. The Labute approximate surface area is 156 Å². The second-order valence-corrected chi connectivity index (χ2v) is 7.95. The van der Waals surface area contributed by atoms with Crippen LogP contribution in [0, 0.1) is 0 Å². The Morgan fingerprint density at radius 3 is 1.42 bits per heavy atom. The van der Waals surface area contributed by atoms with Crippen molar-refractivity contribution in [1.82, 2.24) is 0 Å². The summed E-state index contributed by atoms with van der Waals surface area (Å²) in [5.74, 6) is 1.57.